The molecule has 0 radical (unpaired) electrons. The zero-order valence-corrected chi connectivity index (χ0v) is 19.1. The predicted octanol–water partition coefficient (Wildman–Crippen LogP) is 1.85. The van der Waals surface area contributed by atoms with Gasteiger partial charge in [-0.2, -0.15) is 5.10 Å². The molecule has 0 aliphatic carbocycles. The number of piperidine rings is 1. The lowest BCUT2D eigenvalue weighted by Gasteiger charge is -2.35. The number of aryl methyl sites for hydroxylation is 1. The van der Waals surface area contributed by atoms with Gasteiger partial charge in [0, 0.05) is 45.5 Å². The average molecular weight is 439 g/mol. The highest BCUT2D eigenvalue weighted by molar-refractivity contribution is 5.86. The summed E-state index contributed by atoms with van der Waals surface area (Å²) in [6, 6.07) is 10.6. The fourth-order valence-corrected chi connectivity index (χ4v) is 4.58. The van der Waals surface area contributed by atoms with Gasteiger partial charge < -0.3 is 19.9 Å². The Balaban J connectivity index is 1.23. The molecule has 0 saturated carbocycles. The predicted molar refractivity (Wildman–Crippen MR) is 124 cm³/mol. The number of aromatic nitrogens is 2. The molecule has 32 heavy (non-hydrogen) atoms. The molecule has 2 saturated heterocycles. The van der Waals surface area contributed by atoms with Crippen LogP contribution in [0.1, 0.15) is 30.1 Å². The first-order chi connectivity index (χ1) is 15.6. The summed E-state index contributed by atoms with van der Waals surface area (Å²) in [4.78, 5) is 21.4. The first-order valence-corrected chi connectivity index (χ1v) is 11.5. The minimum absolute atomic E-state index is 0.0460. The molecule has 0 bridgehead atoms. The third kappa shape index (κ3) is 5.68. The van der Waals surface area contributed by atoms with Crippen molar-refractivity contribution < 1.29 is 9.53 Å². The van der Waals surface area contributed by atoms with Crippen molar-refractivity contribution in [3.05, 3.63) is 53.9 Å². The number of nitrogens with zero attached hydrogens (tertiary/aromatic N) is 5. The van der Waals surface area contributed by atoms with Gasteiger partial charge in [0.25, 0.3) is 0 Å². The van der Waals surface area contributed by atoms with Crippen LogP contribution in [0.5, 0.6) is 0 Å². The van der Waals surface area contributed by atoms with Crippen LogP contribution in [0, 0.1) is 5.92 Å². The van der Waals surface area contributed by atoms with E-state index in [0.29, 0.717) is 19.1 Å². The Kier molecular flexibility index (Phi) is 7.42. The molecular weight excluding hydrogens is 404 g/mol. The number of carbonyl (C=O) groups excluding carboxylic acids is 1. The lowest BCUT2D eigenvalue weighted by Crippen LogP contribution is -2.51. The molecular formula is C24H34N6O2. The summed E-state index contributed by atoms with van der Waals surface area (Å²) in [6.45, 7) is 3.97. The molecule has 0 spiro atoms. The molecule has 2 aliphatic rings. The monoisotopic (exact) mass is 438 g/mol. The van der Waals surface area contributed by atoms with Gasteiger partial charge in [0.1, 0.15) is 6.10 Å². The molecule has 1 amide bonds. The lowest BCUT2D eigenvalue weighted by molar-refractivity contribution is -0.131. The molecule has 1 unspecified atom stereocenters. The Labute approximate surface area is 190 Å². The summed E-state index contributed by atoms with van der Waals surface area (Å²) in [5.74, 6) is 1.54. The van der Waals surface area contributed by atoms with E-state index in [2.05, 4.69) is 50.6 Å². The summed E-state index contributed by atoms with van der Waals surface area (Å²) < 4.78 is 7.71. The van der Waals surface area contributed by atoms with Gasteiger partial charge in [0.05, 0.1) is 25.9 Å². The second-order valence-corrected chi connectivity index (χ2v) is 8.67. The first-order valence-electron chi connectivity index (χ1n) is 11.5. The van der Waals surface area contributed by atoms with Gasteiger partial charge in [-0.25, -0.2) is 0 Å². The normalized spacial score (nSPS) is 20.4. The van der Waals surface area contributed by atoms with E-state index in [1.165, 1.54) is 5.56 Å². The van der Waals surface area contributed by atoms with Gasteiger partial charge in [0.2, 0.25) is 5.91 Å². The molecule has 1 N–H and O–H groups in total. The smallest absolute Gasteiger partial charge is 0.241 e. The maximum absolute atomic E-state index is 12.8. The molecule has 8 heteroatoms. The van der Waals surface area contributed by atoms with Crippen molar-refractivity contribution in [1.29, 1.82) is 0 Å². The summed E-state index contributed by atoms with van der Waals surface area (Å²) >= 11 is 0. The van der Waals surface area contributed by atoms with E-state index >= 15 is 0 Å². The maximum atomic E-state index is 12.8. The highest BCUT2D eigenvalue weighted by atomic mass is 16.5. The van der Waals surface area contributed by atoms with Crippen molar-refractivity contribution in [3.8, 4) is 0 Å². The van der Waals surface area contributed by atoms with Gasteiger partial charge in [-0.1, -0.05) is 30.3 Å². The standard InChI is InChI=1S/C24H34N6O2/c1-25-24(30-12-13-32-22(18-30)21-15-27-28(2)17-21)26-16-23(31)29-10-8-20(9-11-29)14-19-6-4-3-5-7-19/h3-7,15,17,20,22H,8-14,16,18H2,1-2H3,(H,25,26). The first kappa shape index (κ1) is 22.3. The fraction of sp³-hybridized carbons (Fsp3) is 0.542. The van der Waals surface area contributed by atoms with Gasteiger partial charge in [-0.3, -0.25) is 14.5 Å². The number of likely N-dealkylation sites (tertiary alicyclic amines) is 1. The average Bonchev–Trinajstić information content (AvgIpc) is 3.27. The summed E-state index contributed by atoms with van der Waals surface area (Å²) in [6.07, 6.45) is 7.00. The summed E-state index contributed by atoms with van der Waals surface area (Å²) in [5, 5.41) is 7.52. The van der Waals surface area contributed by atoms with Crippen LogP contribution in [-0.2, 0) is 23.0 Å². The van der Waals surface area contributed by atoms with Crippen molar-refractivity contribution >= 4 is 11.9 Å². The molecule has 3 heterocycles. The van der Waals surface area contributed by atoms with Crippen LogP contribution < -0.4 is 5.32 Å². The van der Waals surface area contributed by atoms with E-state index in [-0.39, 0.29) is 18.6 Å². The number of amides is 1. The van der Waals surface area contributed by atoms with Crippen LogP contribution in [0.3, 0.4) is 0 Å². The molecule has 1 aromatic heterocycles. The second kappa shape index (κ2) is 10.6. The Morgan fingerprint density at radius 1 is 1.19 bits per heavy atom. The van der Waals surface area contributed by atoms with E-state index < -0.39 is 0 Å². The largest absolute Gasteiger partial charge is 0.370 e. The zero-order chi connectivity index (χ0) is 22.3. The van der Waals surface area contributed by atoms with Gasteiger partial charge in [-0.15, -0.1) is 0 Å². The SMILES string of the molecule is CN=C(NCC(=O)N1CCC(Cc2ccccc2)CC1)N1CCOC(c2cnn(C)c2)C1. The van der Waals surface area contributed by atoms with Crippen LogP contribution in [0.25, 0.3) is 0 Å². The number of benzene rings is 1. The van der Waals surface area contributed by atoms with Crippen LogP contribution in [0.4, 0.5) is 0 Å². The number of guanidine groups is 1. The van der Waals surface area contributed by atoms with Crippen LogP contribution >= 0.6 is 0 Å². The second-order valence-electron chi connectivity index (χ2n) is 8.67. The van der Waals surface area contributed by atoms with Gasteiger partial charge in [-0.05, 0) is 30.7 Å². The Morgan fingerprint density at radius 2 is 1.97 bits per heavy atom. The Bertz CT molecular complexity index is 904. The quantitative estimate of drug-likeness (QED) is 0.570. The molecule has 4 rings (SSSR count). The number of morpholine rings is 1. The molecule has 1 atom stereocenters. The molecule has 8 nitrogen and oxygen atoms in total. The van der Waals surface area contributed by atoms with E-state index in [1.807, 2.05) is 24.3 Å². The summed E-state index contributed by atoms with van der Waals surface area (Å²) in [7, 11) is 3.66. The molecule has 2 fully saturated rings. The molecule has 1 aromatic carbocycles. The van der Waals surface area contributed by atoms with Gasteiger partial charge >= 0.3 is 0 Å². The third-order valence-electron chi connectivity index (χ3n) is 6.41. The molecule has 172 valence electrons. The van der Waals surface area contributed by atoms with E-state index in [9.17, 15) is 4.79 Å². The number of hydrogen-bond donors (Lipinski definition) is 1. The van der Waals surface area contributed by atoms with Crippen LogP contribution in [0.15, 0.2) is 47.7 Å². The minimum Gasteiger partial charge on any atom is -0.370 e. The Hall–Kier alpha value is -2.87. The van der Waals surface area contributed by atoms with Crippen molar-refractivity contribution in [2.45, 2.75) is 25.4 Å². The minimum atomic E-state index is -0.0460. The van der Waals surface area contributed by atoms with Crippen LogP contribution in [0.2, 0.25) is 0 Å². The number of rotatable bonds is 5. The Morgan fingerprint density at radius 3 is 2.66 bits per heavy atom. The maximum Gasteiger partial charge on any atom is 0.241 e. The number of aliphatic imine (C=N–C) groups is 1. The van der Waals surface area contributed by atoms with E-state index in [0.717, 1.165) is 50.4 Å². The van der Waals surface area contributed by atoms with E-state index in [4.69, 9.17) is 4.74 Å². The van der Waals surface area contributed by atoms with Crippen molar-refractivity contribution in [2.75, 3.05) is 46.4 Å². The number of ether oxygens (including phenoxy) is 1. The molecule has 2 aliphatic heterocycles. The number of hydrogen-bond acceptors (Lipinski definition) is 4. The van der Waals surface area contributed by atoms with Crippen LogP contribution in [-0.4, -0.2) is 77.8 Å². The lowest BCUT2D eigenvalue weighted by atomic mass is 9.90. The van der Waals surface area contributed by atoms with Crippen molar-refractivity contribution in [3.63, 3.8) is 0 Å². The van der Waals surface area contributed by atoms with Gasteiger partial charge in [0.15, 0.2) is 5.96 Å². The third-order valence-corrected chi connectivity index (χ3v) is 6.41. The van der Waals surface area contributed by atoms with E-state index in [1.54, 1.807) is 11.7 Å². The zero-order valence-electron chi connectivity index (χ0n) is 19.1. The number of carbonyl (C=O) groups is 1. The highest BCUT2D eigenvalue weighted by Gasteiger charge is 2.27. The topological polar surface area (TPSA) is 75.0 Å². The molecule has 2 aromatic rings. The van der Waals surface area contributed by atoms with Crippen molar-refractivity contribution in [1.82, 2.24) is 24.9 Å². The fourth-order valence-electron chi connectivity index (χ4n) is 4.58. The number of nitrogens with one attached hydrogen (secondary N) is 1. The summed E-state index contributed by atoms with van der Waals surface area (Å²) in [5.41, 5.74) is 2.44. The van der Waals surface area contributed by atoms with Crippen molar-refractivity contribution in [2.24, 2.45) is 18.0 Å². The highest BCUT2D eigenvalue weighted by Crippen LogP contribution is 2.23.